The number of imide groups is 1. The summed E-state index contributed by atoms with van der Waals surface area (Å²) in [6.07, 6.45) is 4.72. The van der Waals surface area contributed by atoms with Gasteiger partial charge in [-0.15, -0.1) is 0 Å². The number of amides is 4. The van der Waals surface area contributed by atoms with Gasteiger partial charge in [-0.2, -0.15) is 0 Å². The van der Waals surface area contributed by atoms with Gasteiger partial charge in [-0.25, -0.2) is 9.78 Å². The molecular weight excluding hydrogens is 298 g/mol. The fraction of sp³-hybridized carbons (Fsp3) is 0.467. The highest BCUT2D eigenvalue weighted by Crippen LogP contribution is 2.35. The average molecular weight is 317 g/mol. The Hall–Kier alpha value is -2.64. The van der Waals surface area contributed by atoms with Crippen LogP contribution in [0.5, 0.6) is 0 Å². The van der Waals surface area contributed by atoms with Crippen LogP contribution in [-0.4, -0.2) is 39.8 Å². The lowest BCUT2D eigenvalue weighted by Crippen LogP contribution is -2.44. The first kappa shape index (κ1) is 15.3. The van der Waals surface area contributed by atoms with Gasteiger partial charge >= 0.3 is 6.03 Å². The minimum Gasteiger partial charge on any atom is -0.384 e. The highest BCUT2D eigenvalue weighted by Gasteiger charge is 2.52. The molecule has 1 aliphatic heterocycles. The number of hydrogen-bond acceptors (Lipinski definition) is 5. The first-order chi connectivity index (χ1) is 11.0. The van der Waals surface area contributed by atoms with E-state index in [-0.39, 0.29) is 24.8 Å². The Balaban J connectivity index is 1.55. The number of hydrogen-bond donors (Lipinski definition) is 3. The maximum absolute atomic E-state index is 12.4. The summed E-state index contributed by atoms with van der Waals surface area (Å²) >= 11 is 0. The van der Waals surface area contributed by atoms with Crippen LogP contribution in [0.15, 0.2) is 18.3 Å². The molecule has 0 unspecified atom stereocenters. The molecule has 0 aromatic carbocycles. The summed E-state index contributed by atoms with van der Waals surface area (Å²) in [6.45, 7) is 0.0701. The van der Waals surface area contributed by atoms with E-state index in [2.05, 4.69) is 15.6 Å². The number of nitrogens with one attached hydrogen (secondary N) is 2. The second kappa shape index (κ2) is 5.86. The van der Waals surface area contributed by atoms with Gasteiger partial charge in [0.15, 0.2) is 0 Å². The highest BCUT2D eigenvalue weighted by atomic mass is 16.2. The van der Waals surface area contributed by atoms with E-state index < -0.39 is 11.6 Å². The van der Waals surface area contributed by atoms with Gasteiger partial charge in [-0.3, -0.25) is 14.5 Å². The molecule has 8 heteroatoms. The Morgan fingerprint density at radius 1 is 1.35 bits per heavy atom. The lowest BCUT2D eigenvalue weighted by Gasteiger charge is -2.19. The first-order valence-electron chi connectivity index (χ1n) is 7.66. The van der Waals surface area contributed by atoms with Gasteiger partial charge < -0.3 is 16.4 Å². The molecule has 2 aliphatic rings. The molecule has 2 fully saturated rings. The molecule has 4 amide bonds. The molecule has 0 bridgehead atoms. The lowest BCUT2D eigenvalue weighted by molar-refractivity contribution is -0.131. The standard InChI is InChI=1S/C15H19N5O3/c16-11-4-3-10(9-17-11)18-12(21)5-8-20-13(22)15(19-14(20)23)6-1-2-7-15/h3-4,9H,1-2,5-8H2,(H2,16,17)(H,18,21)(H,19,23). The van der Waals surface area contributed by atoms with Crippen molar-refractivity contribution in [2.75, 3.05) is 17.6 Å². The van der Waals surface area contributed by atoms with Gasteiger partial charge in [0, 0.05) is 13.0 Å². The molecule has 0 atom stereocenters. The van der Waals surface area contributed by atoms with E-state index in [4.69, 9.17) is 5.73 Å². The van der Waals surface area contributed by atoms with Crippen molar-refractivity contribution in [3.8, 4) is 0 Å². The van der Waals surface area contributed by atoms with Crippen molar-refractivity contribution in [3.05, 3.63) is 18.3 Å². The van der Waals surface area contributed by atoms with E-state index in [1.54, 1.807) is 12.1 Å². The second-order valence-electron chi connectivity index (χ2n) is 5.95. The fourth-order valence-corrected chi connectivity index (χ4v) is 3.11. The normalized spacial score (nSPS) is 19.2. The van der Waals surface area contributed by atoms with Crippen LogP contribution in [0.25, 0.3) is 0 Å². The van der Waals surface area contributed by atoms with Crippen molar-refractivity contribution in [1.29, 1.82) is 0 Å². The van der Waals surface area contributed by atoms with Gasteiger partial charge in [0.1, 0.15) is 11.4 Å². The number of nitrogens with zero attached hydrogens (tertiary/aromatic N) is 2. The van der Waals surface area contributed by atoms with E-state index in [1.807, 2.05) is 0 Å². The predicted octanol–water partition coefficient (Wildman–Crippen LogP) is 0.857. The Kier molecular flexibility index (Phi) is 3.89. The number of carbonyl (C=O) groups excluding carboxylic acids is 3. The molecule has 1 aromatic rings. The van der Waals surface area contributed by atoms with Crippen LogP contribution in [-0.2, 0) is 9.59 Å². The van der Waals surface area contributed by atoms with E-state index >= 15 is 0 Å². The molecule has 1 spiro atoms. The number of nitrogen functional groups attached to an aromatic ring is 1. The Labute approximate surface area is 133 Å². The van der Waals surface area contributed by atoms with Crippen molar-refractivity contribution in [1.82, 2.24) is 15.2 Å². The third kappa shape index (κ3) is 2.96. The zero-order chi connectivity index (χ0) is 16.4. The van der Waals surface area contributed by atoms with Crippen molar-refractivity contribution in [2.24, 2.45) is 0 Å². The maximum atomic E-state index is 12.4. The molecule has 1 saturated carbocycles. The van der Waals surface area contributed by atoms with Gasteiger partial charge in [0.2, 0.25) is 5.91 Å². The average Bonchev–Trinajstić information content (AvgIpc) is 3.07. The Morgan fingerprint density at radius 2 is 2.09 bits per heavy atom. The fourth-order valence-electron chi connectivity index (χ4n) is 3.11. The summed E-state index contributed by atoms with van der Waals surface area (Å²) in [4.78, 5) is 41.4. The number of carbonyl (C=O) groups is 3. The van der Waals surface area contributed by atoms with E-state index in [1.165, 1.54) is 6.20 Å². The number of urea groups is 1. The molecule has 2 heterocycles. The minimum absolute atomic E-state index is 0.0413. The number of rotatable bonds is 4. The monoisotopic (exact) mass is 317 g/mol. The van der Waals surface area contributed by atoms with Crippen LogP contribution in [0.2, 0.25) is 0 Å². The molecule has 0 radical (unpaired) electrons. The smallest absolute Gasteiger partial charge is 0.325 e. The highest BCUT2D eigenvalue weighted by molar-refractivity contribution is 6.07. The van der Waals surface area contributed by atoms with Crippen LogP contribution < -0.4 is 16.4 Å². The topological polar surface area (TPSA) is 117 Å². The molecular formula is C15H19N5O3. The van der Waals surface area contributed by atoms with Crippen molar-refractivity contribution in [3.63, 3.8) is 0 Å². The molecule has 1 aromatic heterocycles. The number of pyridine rings is 1. The molecule has 8 nitrogen and oxygen atoms in total. The molecule has 4 N–H and O–H groups in total. The first-order valence-corrected chi connectivity index (χ1v) is 7.66. The predicted molar refractivity (Wildman–Crippen MR) is 83.3 cm³/mol. The summed E-state index contributed by atoms with van der Waals surface area (Å²) in [5.41, 5.74) is 5.27. The third-order valence-corrected chi connectivity index (χ3v) is 4.34. The second-order valence-corrected chi connectivity index (χ2v) is 5.95. The van der Waals surface area contributed by atoms with Crippen molar-refractivity contribution in [2.45, 2.75) is 37.6 Å². The van der Waals surface area contributed by atoms with Crippen LogP contribution in [0.3, 0.4) is 0 Å². The van der Waals surface area contributed by atoms with E-state index in [0.717, 1.165) is 17.7 Å². The molecule has 122 valence electrons. The minimum atomic E-state index is -0.728. The number of nitrogens with two attached hydrogens (primary N) is 1. The zero-order valence-corrected chi connectivity index (χ0v) is 12.7. The molecule has 23 heavy (non-hydrogen) atoms. The third-order valence-electron chi connectivity index (χ3n) is 4.34. The maximum Gasteiger partial charge on any atom is 0.325 e. The lowest BCUT2D eigenvalue weighted by atomic mass is 9.98. The van der Waals surface area contributed by atoms with Crippen LogP contribution >= 0.6 is 0 Å². The molecule has 3 rings (SSSR count). The summed E-state index contributed by atoms with van der Waals surface area (Å²) < 4.78 is 0. The summed E-state index contributed by atoms with van der Waals surface area (Å²) in [5.74, 6) is -0.129. The molecule has 1 saturated heterocycles. The zero-order valence-electron chi connectivity index (χ0n) is 12.7. The van der Waals surface area contributed by atoms with Crippen LogP contribution in [0.1, 0.15) is 32.1 Å². The van der Waals surface area contributed by atoms with Gasteiger partial charge in [0.05, 0.1) is 11.9 Å². The quantitative estimate of drug-likeness (QED) is 0.712. The summed E-state index contributed by atoms with van der Waals surface area (Å²) in [5, 5.41) is 5.45. The largest absolute Gasteiger partial charge is 0.384 e. The van der Waals surface area contributed by atoms with E-state index in [0.29, 0.717) is 24.3 Å². The number of aromatic nitrogens is 1. The van der Waals surface area contributed by atoms with Crippen molar-refractivity contribution >= 4 is 29.4 Å². The SMILES string of the molecule is Nc1ccc(NC(=O)CCN2C(=O)NC3(CCCC3)C2=O)cn1. The van der Waals surface area contributed by atoms with Gasteiger partial charge in [-0.05, 0) is 25.0 Å². The van der Waals surface area contributed by atoms with E-state index in [9.17, 15) is 14.4 Å². The number of anilines is 2. The summed E-state index contributed by atoms with van der Waals surface area (Å²) in [6, 6.07) is 2.82. The van der Waals surface area contributed by atoms with Crippen LogP contribution in [0.4, 0.5) is 16.3 Å². The van der Waals surface area contributed by atoms with Crippen LogP contribution in [0, 0.1) is 0 Å². The Bertz CT molecular complexity index is 637. The Morgan fingerprint density at radius 3 is 2.74 bits per heavy atom. The summed E-state index contributed by atoms with van der Waals surface area (Å²) in [7, 11) is 0. The van der Waals surface area contributed by atoms with Crippen molar-refractivity contribution < 1.29 is 14.4 Å². The molecule has 1 aliphatic carbocycles. The van der Waals surface area contributed by atoms with Gasteiger partial charge in [0.25, 0.3) is 5.91 Å². The van der Waals surface area contributed by atoms with Gasteiger partial charge in [-0.1, -0.05) is 12.8 Å².